The first kappa shape index (κ1) is 25.4. The van der Waals surface area contributed by atoms with Gasteiger partial charge in [-0.15, -0.1) is 11.3 Å². The average molecular weight is 559 g/mol. The van der Waals surface area contributed by atoms with Crippen molar-refractivity contribution in [2.75, 3.05) is 25.0 Å². The Morgan fingerprint density at radius 3 is 2.51 bits per heavy atom. The molecule has 1 aliphatic rings. The van der Waals surface area contributed by atoms with Gasteiger partial charge in [-0.05, 0) is 62.2 Å². The molecule has 1 amide bonds. The summed E-state index contributed by atoms with van der Waals surface area (Å²) in [5.41, 5.74) is 1.83. The van der Waals surface area contributed by atoms with E-state index in [-0.39, 0.29) is 4.90 Å². The topological polar surface area (TPSA) is 111 Å². The second-order valence-corrected chi connectivity index (χ2v) is 11.9. The van der Waals surface area contributed by atoms with Crippen LogP contribution in [-0.4, -0.2) is 54.1 Å². The highest BCUT2D eigenvalue weighted by Gasteiger charge is 2.27. The van der Waals surface area contributed by atoms with Gasteiger partial charge in [0.2, 0.25) is 10.0 Å². The molecular formula is C25H23ClN4O5S2. The highest BCUT2D eigenvalue weighted by molar-refractivity contribution is 7.89. The number of nitrogens with one attached hydrogen (secondary N) is 1. The fourth-order valence-electron chi connectivity index (χ4n) is 4.12. The Labute approximate surface area is 222 Å². The molecule has 0 radical (unpaired) electrons. The number of anilines is 1. The summed E-state index contributed by atoms with van der Waals surface area (Å²) in [5, 5.41) is 8.47. The zero-order valence-electron chi connectivity index (χ0n) is 19.8. The summed E-state index contributed by atoms with van der Waals surface area (Å²) in [6.07, 6.45) is 1.71. The molecule has 0 aliphatic carbocycles. The molecule has 0 saturated carbocycles. The van der Waals surface area contributed by atoms with E-state index in [4.69, 9.17) is 16.3 Å². The van der Waals surface area contributed by atoms with Gasteiger partial charge in [0.15, 0.2) is 6.61 Å². The normalized spacial score (nSPS) is 14.2. The third-order valence-electron chi connectivity index (χ3n) is 6.00. The van der Waals surface area contributed by atoms with Crippen LogP contribution in [0.25, 0.3) is 15.9 Å². The van der Waals surface area contributed by atoms with Crippen molar-refractivity contribution in [3.8, 4) is 5.69 Å². The van der Waals surface area contributed by atoms with Crippen molar-refractivity contribution in [3.05, 3.63) is 70.2 Å². The van der Waals surface area contributed by atoms with E-state index in [0.717, 1.165) is 28.8 Å². The second kappa shape index (κ2) is 10.3. The summed E-state index contributed by atoms with van der Waals surface area (Å²) in [7, 11) is -3.53. The standard InChI is InChI=1S/C25H23ClN4O5S2/c1-16-19-14-22(36-24(19)30(28-16)21-7-3-2-6-20(21)26)25(32)35-15-23(31)27-17-8-10-18(11-9-17)37(33,34)29-12-4-5-13-29/h2-3,6-11,14H,4-5,12-13,15H2,1H3,(H,27,31). The van der Waals surface area contributed by atoms with Crippen molar-refractivity contribution in [1.82, 2.24) is 14.1 Å². The molecule has 3 heterocycles. The molecule has 0 unspecified atom stereocenters. The molecule has 2 aromatic carbocycles. The number of aryl methyl sites for hydroxylation is 1. The summed E-state index contributed by atoms with van der Waals surface area (Å²) >= 11 is 7.53. The lowest BCUT2D eigenvalue weighted by Crippen LogP contribution is -2.27. The number of rotatable bonds is 7. The van der Waals surface area contributed by atoms with Crippen LogP contribution in [0.15, 0.2) is 59.5 Å². The van der Waals surface area contributed by atoms with Gasteiger partial charge in [0.1, 0.15) is 9.71 Å². The summed E-state index contributed by atoms with van der Waals surface area (Å²) in [6.45, 7) is 2.39. The van der Waals surface area contributed by atoms with Crippen molar-refractivity contribution in [2.45, 2.75) is 24.7 Å². The van der Waals surface area contributed by atoms with E-state index < -0.39 is 28.5 Å². The van der Waals surface area contributed by atoms with Crippen LogP contribution in [0.1, 0.15) is 28.2 Å². The Bertz CT molecular complexity index is 1590. The maximum atomic E-state index is 12.7. The number of amides is 1. The zero-order chi connectivity index (χ0) is 26.2. The first-order valence-corrected chi connectivity index (χ1v) is 14.2. The zero-order valence-corrected chi connectivity index (χ0v) is 22.2. The van der Waals surface area contributed by atoms with Gasteiger partial charge in [-0.1, -0.05) is 23.7 Å². The van der Waals surface area contributed by atoms with Gasteiger partial charge in [-0.2, -0.15) is 9.40 Å². The Balaban J connectivity index is 1.22. The van der Waals surface area contributed by atoms with Crippen LogP contribution in [0.3, 0.4) is 0 Å². The highest BCUT2D eigenvalue weighted by Crippen LogP contribution is 2.32. The summed E-state index contributed by atoms with van der Waals surface area (Å²) in [5.74, 6) is -1.17. The number of halogens is 1. The number of sulfonamides is 1. The molecule has 0 atom stereocenters. The number of hydrogen-bond acceptors (Lipinski definition) is 7. The number of ether oxygens (including phenoxy) is 1. The fraction of sp³-hybridized carbons (Fsp3) is 0.240. The molecule has 37 heavy (non-hydrogen) atoms. The third-order valence-corrected chi connectivity index (χ3v) is 9.32. The molecular weight excluding hydrogens is 536 g/mol. The van der Waals surface area contributed by atoms with Crippen LogP contribution in [0.5, 0.6) is 0 Å². The molecule has 1 fully saturated rings. The molecule has 12 heteroatoms. The van der Waals surface area contributed by atoms with E-state index in [1.165, 1.54) is 39.9 Å². The molecule has 1 saturated heterocycles. The number of aromatic nitrogens is 2. The van der Waals surface area contributed by atoms with Crippen molar-refractivity contribution in [1.29, 1.82) is 0 Å². The summed E-state index contributed by atoms with van der Waals surface area (Å²) in [4.78, 5) is 26.3. The minimum absolute atomic E-state index is 0.175. The van der Waals surface area contributed by atoms with Gasteiger partial charge in [0.05, 0.1) is 21.3 Å². The predicted octanol–water partition coefficient (Wildman–Crippen LogP) is 4.63. The van der Waals surface area contributed by atoms with Crippen LogP contribution in [0.2, 0.25) is 5.02 Å². The number of para-hydroxylation sites is 1. The van der Waals surface area contributed by atoms with Crippen LogP contribution in [-0.2, 0) is 19.6 Å². The molecule has 2 aromatic heterocycles. The Hall–Kier alpha value is -3.25. The minimum atomic E-state index is -3.53. The molecule has 4 aromatic rings. The maximum absolute atomic E-state index is 12.7. The number of hydrogen-bond donors (Lipinski definition) is 1. The number of carbonyl (C=O) groups excluding carboxylic acids is 2. The van der Waals surface area contributed by atoms with E-state index >= 15 is 0 Å². The fourth-order valence-corrected chi connectivity index (χ4v) is 6.92. The van der Waals surface area contributed by atoms with E-state index in [0.29, 0.717) is 34.4 Å². The lowest BCUT2D eigenvalue weighted by Gasteiger charge is -2.15. The van der Waals surface area contributed by atoms with E-state index in [1.807, 2.05) is 25.1 Å². The number of carbonyl (C=O) groups is 2. The molecule has 9 nitrogen and oxygen atoms in total. The SMILES string of the molecule is Cc1nn(-c2ccccc2Cl)c2sc(C(=O)OCC(=O)Nc3ccc(S(=O)(=O)N4CCCC4)cc3)cc12. The van der Waals surface area contributed by atoms with Crippen molar-refractivity contribution in [3.63, 3.8) is 0 Å². The molecule has 0 spiro atoms. The number of esters is 1. The minimum Gasteiger partial charge on any atom is -0.451 e. The molecule has 192 valence electrons. The number of thiophene rings is 1. The molecule has 0 bridgehead atoms. The van der Waals surface area contributed by atoms with E-state index in [1.54, 1.807) is 16.8 Å². The maximum Gasteiger partial charge on any atom is 0.348 e. The smallest absolute Gasteiger partial charge is 0.348 e. The lowest BCUT2D eigenvalue weighted by atomic mass is 10.3. The number of fused-ring (bicyclic) bond motifs is 1. The molecule has 5 rings (SSSR count). The highest BCUT2D eigenvalue weighted by atomic mass is 35.5. The van der Waals surface area contributed by atoms with Gasteiger partial charge in [-0.3, -0.25) is 4.79 Å². The van der Waals surface area contributed by atoms with Gasteiger partial charge >= 0.3 is 5.97 Å². The van der Waals surface area contributed by atoms with Crippen LogP contribution >= 0.6 is 22.9 Å². The van der Waals surface area contributed by atoms with Crippen LogP contribution in [0, 0.1) is 6.92 Å². The Morgan fingerprint density at radius 1 is 1.11 bits per heavy atom. The summed E-state index contributed by atoms with van der Waals surface area (Å²) < 4.78 is 33.6. The van der Waals surface area contributed by atoms with Gasteiger partial charge in [0.25, 0.3) is 5.91 Å². The van der Waals surface area contributed by atoms with Gasteiger partial charge < -0.3 is 10.1 Å². The number of benzene rings is 2. The Morgan fingerprint density at radius 2 is 1.81 bits per heavy atom. The van der Waals surface area contributed by atoms with Crippen molar-refractivity contribution < 1.29 is 22.7 Å². The monoisotopic (exact) mass is 558 g/mol. The van der Waals surface area contributed by atoms with E-state index in [2.05, 4.69) is 10.4 Å². The van der Waals surface area contributed by atoms with Crippen molar-refractivity contribution in [2.24, 2.45) is 0 Å². The van der Waals surface area contributed by atoms with Gasteiger partial charge in [-0.25, -0.2) is 17.9 Å². The number of nitrogens with zero attached hydrogens (tertiary/aromatic N) is 3. The molecule has 1 N–H and O–H groups in total. The predicted molar refractivity (Wildman–Crippen MR) is 142 cm³/mol. The quantitative estimate of drug-likeness (QED) is 0.331. The Kier molecular flexibility index (Phi) is 7.04. The largest absolute Gasteiger partial charge is 0.451 e. The van der Waals surface area contributed by atoms with Crippen molar-refractivity contribution >= 4 is 60.7 Å². The first-order chi connectivity index (χ1) is 17.7. The van der Waals surface area contributed by atoms with Gasteiger partial charge in [0, 0.05) is 24.2 Å². The summed E-state index contributed by atoms with van der Waals surface area (Å²) in [6, 6.07) is 14.9. The third kappa shape index (κ3) is 5.12. The second-order valence-electron chi connectivity index (χ2n) is 8.54. The molecule has 1 aliphatic heterocycles. The van der Waals surface area contributed by atoms with Crippen LogP contribution < -0.4 is 5.32 Å². The first-order valence-electron chi connectivity index (χ1n) is 11.6. The van der Waals surface area contributed by atoms with Crippen LogP contribution in [0.4, 0.5) is 5.69 Å². The van der Waals surface area contributed by atoms with E-state index in [9.17, 15) is 18.0 Å². The average Bonchev–Trinajstić information content (AvgIpc) is 3.63. The lowest BCUT2D eigenvalue weighted by molar-refractivity contribution is -0.119.